The number of allylic oxidation sites excluding steroid dienone is 2. The van der Waals surface area contributed by atoms with Crippen LogP contribution in [0.25, 0.3) is 0 Å². The molecule has 1 atom stereocenters. The van der Waals surface area contributed by atoms with Crippen molar-refractivity contribution in [3.63, 3.8) is 0 Å². The first kappa shape index (κ1) is 33.6. The molecule has 0 aromatic heterocycles. The topological polar surface area (TPSA) is 44.5 Å². The van der Waals surface area contributed by atoms with E-state index in [1.54, 1.807) is 0 Å². The van der Waals surface area contributed by atoms with Gasteiger partial charge < -0.3 is 15.2 Å². The van der Waals surface area contributed by atoms with Gasteiger partial charge in [0, 0.05) is 13.2 Å². The molecule has 0 bridgehead atoms. The van der Waals surface area contributed by atoms with Crippen LogP contribution >= 0.6 is 0 Å². The molecule has 34 heavy (non-hydrogen) atoms. The molecule has 3 heteroatoms. The van der Waals surface area contributed by atoms with E-state index in [9.17, 15) is 0 Å². The molecule has 0 aromatic rings. The van der Waals surface area contributed by atoms with Gasteiger partial charge in [0.2, 0.25) is 0 Å². The van der Waals surface area contributed by atoms with E-state index in [4.69, 9.17) is 15.2 Å². The van der Waals surface area contributed by atoms with Gasteiger partial charge in [-0.3, -0.25) is 0 Å². The second-order valence-corrected chi connectivity index (χ2v) is 10.8. The number of hydrogen-bond donors (Lipinski definition) is 1. The van der Waals surface area contributed by atoms with Crippen LogP contribution in [0, 0.1) is 0 Å². The number of nitrogens with two attached hydrogens (primary N) is 1. The number of ether oxygens (including phenoxy) is 2. The zero-order chi connectivity index (χ0) is 25.2. The Balaban J connectivity index is 3.46. The van der Waals surface area contributed by atoms with Crippen LogP contribution in [0.1, 0.15) is 156 Å². The quantitative estimate of drug-likeness (QED) is 0.0938. The first-order valence-electron chi connectivity index (χ1n) is 15.2. The summed E-state index contributed by atoms with van der Waals surface area (Å²) in [6, 6.07) is -0.0679. The second-order valence-electron chi connectivity index (χ2n) is 10.8. The average molecular weight is 482 g/mol. The van der Waals surface area contributed by atoms with Gasteiger partial charge in [0.1, 0.15) is 0 Å². The van der Waals surface area contributed by atoms with Gasteiger partial charge >= 0.3 is 0 Å². The number of unbranched alkanes of at least 4 members (excludes halogenated alkanes) is 17. The highest BCUT2D eigenvalue weighted by atomic mass is 16.5. The van der Waals surface area contributed by atoms with Gasteiger partial charge in [0.05, 0.1) is 18.2 Å². The van der Waals surface area contributed by atoms with Crippen LogP contribution < -0.4 is 5.73 Å². The van der Waals surface area contributed by atoms with Gasteiger partial charge in [-0.2, -0.15) is 0 Å². The van der Waals surface area contributed by atoms with E-state index >= 15 is 0 Å². The first-order valence-corrected chi connectivity index (χ1v) is 15.2. The van der Waals surface area contributed by atoms with Crippen molar-refractivity contribution in [3.8, 4) is 0 Å². The fraction of sp³-hybridized carbons (Fsp3) is 0.935. The van der Waals surface area contributed by atoms with Crippen LogP contribution in [0.15, 0.2) is 12.2 Å². The molecule has 0 aromatic carbocycles. The van der Waals surface area contributed by atoms with Gasteiger partial charge in [-0.15, -0.1) is 0 Å². The Kier molecular flexibility index (Phi) is 25.4. The molecule has 2 N–H and O–H groups in total. The Labute approximate surface area is 215 Å². The predicted molar refractivity (Wildman–Crippen MR) is 152 cm³/mol. The highest BCUT2D eigenvalue weighted by Gasteiger charge is 2.27. The zero-order valence-corrected chi connectivity index (χ0v) is 23.9. The summed E-state index contributed by atoms with van der Waals surface area (Å²) >= 11 is 0. The van der Waals surface area contributed by atoms with Crippen molar-refractivity contribution in [2.45, 2.75) is 168 Å². The third-order valence-corrected chi connectivity index (χ3v) is 6.96. The van der Waals surface area contributed by atoms with Crippen LogP contribution in [-0.2, 0) is 9.47 Å². The van der Waals surface area contributed by atoms with Crippen molar-refractivity contribution < 1.29 is 9.47 Å². The van der Waals surface area contributed by atoms with Gasteiger partial charge in [-0.1, -0.05) is 116 Å². The third kappa shape index (κ3) is 23.4. The lowest BCUT2D eigenvalue weighted by Crippen LogP contribution is -2.48. The maximum atomic E-state index is 6.35. The first-order chi connectivity index (χ1) is 16.5. The Morgan fingerprint density at radius 3 is 1.50 bits per heavy atom. The van der Waals surface area contributed by atoms with Crippen LogP contribution in [0.5, 0.6) is 0 Å². The van der Waals surface area contributed by atoms with Crippen LogP contribution in [0.3, 0.4) is 0 Å². The molecule has 0 spiro atoms. The Morgan fingerprint density at radius 2 is 1.00 bits per heavy atom. The van der Waals surface area contributed by atoms with E-state index in [-0.39, 0.29) is 11.6 Å². The Bertz CT molecular complexity index is 422. The highest BCUT2D eigenvalue weighted by Crippen LogP contribution is 2.16. The lowest BCUT2D eigenvalue weighted by atomic mass is 10.00. The fourth-order valence-electron chi connectivity index (χ4n) is 4.19. The summed E-state index contributed by atoms with van der Waals surface area (Å²) in [6.45, 7) is 11.0. The Hall–Kier alpha value is -0.380. The van der Waals surface area contributed by atoms with Crippen LogP contribution in [0.2, 0.25) is 0 Å². The maximum Gasteiger partial charge on any atom is 0.0799 e. The van der Waals surface area contributed by atoms with E-state index in [1.807, 2.05) is 0 Å². The summed E-state index contributed by atoms with van der Waals surface area (Å²) in [4.78, 5) is 0. The fourth-order valence-corrected chi connectivity index (χ4v) is 4.19. The summed E-state index contributed by atoms with van der Waals surface area (Å²) in [5.74, 6) is 0. The number of rotatable bonds is 27. The molecule has 0 aliphatic rings. The lowest BCUT2D eigenvalue weighted by molar-refractivity contribution is -0.0566. The molecular weight excluding hydrogens is 418 g/mol. The molecule has 0 heterocycles. The molecule has 0 saturated heterocycles. The molecule has 0 radical (unpaired) electrons. The molecule has 0 aliphatic heterocycles. The molecule has 0 rings (SSSR count). The molecule has 204 valence electrons. The monoisotopic (exact) mass is 481 g/mol. The minimum atomic E-state index is -0.317. The normalized spacial score (nSPS) is 13.2. The summed E-state index contributed by atoms with van der Waals surface area (Å²) in [6.07, 6.45) is 31.2. The Morgan fingerprint density at radius 1 is 0.588 bits per heavy atom. The smallest absolute Gasteiger partial charge is 0.0799 e. The standard InChI is InChI=1S/C31H63NO2/c1-5-7-9-11-13-14-15-16-17-18-19-20-21-22-24-26-28-34-31(3,4)30(32)29-33-27-25-23-12-10-8-6-2/h16-17,30H,5-15,18-29,32H2,1-4H3. The second kappa shape index (κ2) is 25.7. The van der Waals surface area contributed by atoms with Gasteiger partial charge in [0.25, 0.3) is 0 Å². The molecular formula is C31H63NO2. The minimum absolute atomic E-state index is 0.0679. The van der Waals surface area contributed by atoms with E-state index in [2.05, 4.69) is 39.8 Å². The van der Waals surface area contributed by atoms with Crippen molar-refractivity contribution >= 4 is 0 Å². The molecule has 0 saturated carbocycles. The SMILES string of the molecule is CCCCCCCCC=CCCCCCCCCOC(C)(C)C(N)COCCCCCCCC. The van der Waals surface area contributed by atoms with Gasteiger partial charge in [0.15, 0.2) is 0 Å². The van der Waals surface area contributed by atoms with E-state index in [0.717, 1.165) is 26.1 Å². The molecule has 1 unspecified atom stereocenters. The minimum Gasteiger partial charge on any atom is -0.380 e. The zero-order valence-electron chi connectivity index (χ0n) is 23.9. The average Bonchev–Trinajstić information content (AvgIpc) is 2.82. The summed E-state index contributed by atoms with van der Waals surface area (Å²) in [7, 11) is 0. The van der Waals surface area contributed by atoms with Crippen molar-refractivity contribution in [1.29, 1.82) is 0 Å². The van der Waals surface area contributed by atoms with E-state index in [0.29, 0.717) is 6.61 Å². The van der Waals surface area contributed by atoms with E-state index in [1.165, 1.54) is 116 Å². The van der Waals surface area contributed by atoms with Crippen LogP contribution in [-0.4, -0.2) is 31.5 Å². The van der Waals surface area contributed by atoms with Crippen molar-refractivity contribution in [3.05, 3.63) is 12.2 Å². The summed E-state index contributed by atoms with van der Waals surface area (Å²) in [5.41, 5.74) is 6.03. The number of hydrogen-bond acceptors (Lipinski definition) is 3. The maximum absolute atomic E-state index is 6.35. The predicted octanol–water partition coefficient (Wildman–Crippen LogP) is 9.52. The molecule has 0 amide bonds. The van der Waals surface area contributed by atoms with Crippen molar-refractivity contribution in [1.82, 2.24) is 0 Å². The molecule has 3 nitrogen and oxygen atoms in total. The van der Waals surface area contributed by atoms with Crippen LogP contribution in [0.4, 0.5) is 0 Å². The van der Waals surface area contributed by atoms with Gasteiger partial charge in [-0.05, 0) is 52.4 Å². The lowest BCUT2D eigenvalue weighted by Gasteiger charge is -2.31. The van der Waals surface area contributed by atoms with Crippen molar-refractivity contribution in [2.75, 3.05) is 19.8 Å². The summed E-state index contributed by atoms with van der Waals surface area (Å²) in [5, 5.41) is 0. The molecule has 0 aliphatic carbocycles. The largest absolute Gasteiger partial charge is 0.380 e. The summed E-state index contributed by atoms with van der Waals surface area (Å²) < 4.78 is 11.9. The third-order valence-electron chi connectivity index (χ3n) is 6.96. The van der Waals surface area contributed by atoms with E-state index < -0.39 is 0 Å². The van der Waals surface area contributed by atoms with Gasteiger partial charge in [-0.25, -0.2) is 0 Å². The van der Waals surface area contributed by atoms with Crippen molar-refractivity contribution in [2.24, 2.45) is 5.73 Å². The molecule has 0 fully saturated rings. The highest BCUT2D eigenvalue weighted by molar-refractivity contribution is 4.83.